The Bertz CT molecular complexity index is 509. The molecule has 1 unspecified atom stereocenters. The molecule has 1 amide bonds. The smallest absolute Gasteiger partial charge is 0.240 e. The molecule has 2 heterocycles. The number of rotatable bonds is 2. The second kappa shape index (κ2) is 6.16. The van der Waals surface area contributed by atoms with Gasteiger partial charge in [-0.1, -0.05) is 31.2 Å². The first-order valence-electron chi connectivity index (χ1n) is 7.97. The molecule has 3 rings (SSSR count). The fraction of sp³-hybridized carbons (Fsp3) is 0.588. The van der Waals surface area contributed by atoms with Crippen molar-refractivity contribution in [3.63, 3.8) is 0 Å². The van der Waals surface area contributed by atoms with Gasteiger partial charge < -0.3 is 9.80 Å². The highest BCUT2D eigenvalue weighted by atomic mass is 16.2. The molecule has 114 valence electrons. The molecule has 1 atom stereocenters. The van der Waals surface area contributed by atoms with Gasteiger partial charge in [0.25, 0.3) is 0 Å². The Balaban J connectivity index is 1.68. The van der Waals surface area contributed by atoms with Gasteiger partial charge in [-0.25, -0.2) is 0 Å². The molecule has 2 aliphatic rings. The summed E-state index contributed by atoms with van der Waals surface area (Å²) in [5, 5.41) is 0. The van der Waals surface area contributed by atoms with Gasteiger partial charge in [-0.2, -0.15) is 0 Å². The monoisotopic (exact) mass is 287 g/mol. The van der Waals surface area contributed by atoms with Crippen LogP contribution in [0.5, 0.6) is 0 Å². The maximum atomic E-state index is 12.8. The third kappa shape index (κ3) is 2.97. The van der Waals surface area contributed by atoms with E-state index >= 15 is 0 Å². The van der Waals surface area contributed by atoms with E-state index in [-0.39, 0.29) is 6.04 Å². The number of amides is 1. The normalized spacial score (nSPS) is 23.9. The molecule has 4 nitrogen and oxygen atoms in total. The molecule has 0 saturated carbocycles. The highest BCUT2D eigenvalue weighted by Gasteiger charge is 2.33. The van der Waals surface area contributed by atoms with Crippen LogP contribution in [0, 0.1) is 0 Å². The molecule has 0 N–H and O–H groups in total. The van der Waals surface area contributed by atoms with Gasteiger partial charge in [-0.05, 0) is 31.1 Å². The highest BCUT2D eigenvalue weighted by Crippen LogP contribution is 2.23. The van der Waals surface area contributed by atoms with Crippen molar-refractivity contribution >= 4 is 5.91 Å². The summed E-state index contributed by atoms with van der Waals surface area (Å²) in [6, 6.07) is 8.50. The molecule has 1 fully saturated rings. The van der Waals surface area contributed by atoms with Crippen molar-refractivity contribution < 1.29 is 4.79 Å². The van der Waals surface area contributed by atoms with Crippen molar-refractivity contribution in [2.24, 2.45) is 0 Å². The van der Waals surface area contributed by atoms with Crippen LogP contribution in [-0.2, 0) is 17.8 Å². The summed E-state index contributed by atoms with van der Waals surface area (Å²) in [6.07, 6.45) is 0.847. The second-order valence-corrected chi connectivity index (χ2v) is 6.16. The Morgan fingerprint density at radius 2 is 1.81 bits per heavy atom. The molecule has 0 bridgehead atoms. The van der Waals surface area contributed by atoms with Crippen LogP contribution in [0.1, 0.15) is 18.1 Å². The lowest BCUT2D eigenvalue weighted by molar-refractivity contribution is -0.138. The number of hydrogen-bond donors (Lipinski definition) is 0. The highest BCUT2D eigenvalue weighted by molar-refractivity contribution is 5.82. The number of piperazine rings is 1. The zero-order valence-electron chi connectivity index (χ0n) is 13.1. The van der Waals surface area contributed by atoms with Gasteiger partial charge in [-0.3, -0.25) is 9.69 Å². The first-order chi connectivity index (χ1) is 10.2. The zero-order valence-corrected chi connectivity index (χ0v) is 13.1. The minimum Gasteiger partial charge on any atom is -0.339 e. The minimum absolute atomic E-state index is 0.00748. The molecular formula is C17H25N3O. The van der Waals surface area contributed by atoms with Gasteiger partial charge in [0.15, 0.2) is 0 Å². The van der Waals surface area contributed by atoms with Crippen LogP contribution in [0.25, 0.3) is 0 Å². The van der Waals surface area contributed by atoms with Crippen molar-refractivity contribution in [3.8, 4) is 0 Å². The number of carbonyl (C=O) groups excluding carboxylic acids is 1. The predicted molar refractivity (Wildman–Crippen MR) is 84.1 cm³/mol. The van der Waals surface area contributed by atoms with Crippen LogP contribution in [0.15, 0.2) is 24.3 Å². The molecule has 1 saturated heterocycles. The Morgan fingerprint density at radius 3 is 2.48 bits per heavy atom. The van der Waals surface area contributed by atoms with E-state index in [1.807, 2.05) is 0 Å². The Hall–Kier alpha value is -1.39. The lowest BCUT2D eigenvalue weighted by Gasteiger charge is -2.39. The fourth-order valence-corrected chi connectivity index (χ4v) is 3.42. The van der Waals surface area contributed by atoms with Crippen LogP contribution in [0.2, 0.25) is 0 Å². The standard InChI is InChI=1S/C17H25N3O/c1-3-19-8-10-20(11-9-19)17(21)16-12-14-6-4-5-7-15(14)13-18(16)2/h4-7,16H,3,8-13H2,1-2H3. The van der Waals surface area contributed by atoms with Crippen molar-refractivity contribution in [2.75, 3.05) is 39.8 Å². The molecule has 0 aliphatic carbocycles. The van der Waals surface area contributed by atoms with Crippen molar-refractivity contribution in [3.05, 3.63) is 35.4 Å². The van der Waals surface area contributed by atoms with E-state index in [0.717, 1.165) is 45.7 Å². The number of benzene rings is 1. The van der Waals surface area contributed by atoms with E-state index in [9.17, 15) is 4.79 Å². The number of carbonyl (C=O) groups is 1. The average molecular weight is 287 g/mol. The summed E-state index contributed by atoms with van der Waals surface area (Å²) in [7, 11) is 2.07. The molecule has 0 radical (unpaired) electrons. The van der Waals surface area contributed by atoms with Gasteiger partial charge >= 0.3 is 0 Å². The van der Waals surface area contributed by atoms with Crippen LogP contribution in [0.4, 0.5) is 0 Å². The SMILES string of the molecule is CCN1CCN(C(=O)C2Cc3ccccc3CN2C)CC1. The quantitative estimate of drug-likeness (QED) is 0.818. The molecule has 0 spiro atoms. The zero-order chi connectivity index (χ0) is 14.8. The van der Waals surface area contributed by atoms with Crippen LogP contribution < -0.4 is 0 Å². The van der Waals surface area contributed by atoms with Gasteiger partial charge in [0.2, 0.25) is 5.91 Å². The molecule has 21 heavy (non-hydrogen) atoms. The van der Waals surface area contributed by atoms with E-state index in [0.29, 0.717) is 5.91 Å². The van der Waals surface area contributed by atoms with E-state index < -0.39 is 0 Å². The van der Waals surface area contributed by atoms with Crippen LogP contribution in [-0.4, -0.2) is 66.4 Å². The van der Waals surface area contributed by atoms with Gasteiger partial charge in [0.1, 0.15) is 0 Å². The first-order valence-corrected chi connectivity index (χ1v) is 7.97. The van der Waals surface area contributed by atoms with Crippen molar-refractivity contribution in [1.82, 2.24) is 14.7 Å². The molecule has 2 aliphatic heterocycles. The van der Waals surface area contributed by atoms with Gasteiger partial charge in [0.05, 0.1) is 6.04 Å². The Morgan fingerprint density at radius 1 is 1.14 bits per heavy atom. The summed E-state index contributed by atoms with van der Waals surface area (Å²) < 4.78 is 0. The molecule has 4 heteroatoms. The summed E-state index contributed by atoms with van der Waals surface area (Å²) in [5.74, 6) is 0.308. The van der Waals surface area contributed by atoms with Crippen molar-refractivity contribution in [2.45, 2.75) is 25.9 Å². The predicted octanol–water partition coefficient (Wildman–Crippen LogP) is 1.21. The van der Waals surface area contributed by atoms with Crippen LogP contribution in [0.3, 0.4) is 0 Å². The Labute approximate surface area is 127 Å². The molecule has 1 aromatic rings. The Kier molecular flexibility index (Phi) is 4.27. The molecule has 0 aromatic heterocycles. The number of nitrogens with zero attached hydrogens (tertiary/aromatic N) is 3. The summed E-state index contributed by atoms with van der Waals surface area (Å²) in [5.41, 5.74) is 2.70. The maximum absolute atomic E-state index is 12.8. The van der Waals surface area contributed by atoms with E-state index in [4.69, 9.17) is 0 Å². The van der Waals surface area contributed by atoms with E-state index in [2.05, 4.69) is 52.9 Å². The largest absolute Gasteiger partial charge is 0.339 e. The van der Waals surface area contributed by atoms with E-state index in [1.54, 1.807) is 0 Å². The lowest BCUT2D eigenvalue weighted by atomic mass is 9.93. The van der Waals surface area contributed by atoms with Crippen molar-refractivity contribution in [1.29, 1.82) is 0 Å². The number of fused-ring (bicyclic) bond motifs is 1. The minimum atomic E-state index is 0.00748. The number of hydrogen-bond acceptors (Lipinski definition) is 3. The van der Waals surface area contributed by atoms with Gasteiger partial charge in [-0.15, -0.1) is 0 Å². The first kappa shape index (κ1) is 14.5. The maximum Gasteiger partial charge on any atom is 0.240 e. The molecular weight excluding hydrogens is 262 g/mol. The molecule has 1 aromatic carbocycles. The summed E-state index contributed by atoms with van der Waals surface area (Å²) in [6.45, 7) is 7.91. The summed E-state index contributed by atoms with van der Waals surface area (Å²) in [4.78, 5) is 19.5. The lowest BCUT2D eigenvalue weighted by Crippen LogP contribution is -2.55. The third-order valence-electron chi connectivity index (χ3n) is 4.90. The van der Waals surface area contributed by atoms with Gasteiger partial charge in [0, 0.05) is 32.7 Å². The average Bonchev–Trinajstić information content (AvgIpc) is 2.53. The van der Waals surface area contributed by atoms with E-state index in [1.165, 1.54) is 11.1 Å². The fourth-order valence-electron chi connectivity index (χ4n) is 3.42. The summed E-state index contributed by atoms with van der Waals surface area (Å²) >= 11 is 0. The number of likely N-dealkylation sites (N-methyl/N-ethyl adjacent to an activating group) is 2. The third-order valence-corrected chi connectivity index (χ3v) is 4.90. The topological polar surface area (TPSA) is 26.8 Å². The second-order valence-electron chi connectivity index (χ2n) is 6.16. The van der Waals surface area contributed by atoms with Crippen LogP contribution >= 0.6 is 0 Å².